The van der Waals surface area contributed by atoms with Gasteiger partial charge in [0.2, 0.25) is 0 Å². The van der Waals surface area contributed by atoms with Crippen LogP contribution in [0.5, 0.6) is 5.75 Å². The Bertz CT molecular complexity index is 907. The van der Waals surface area contributed by atoms with Crippen molar-refractivity contribution in [2.24, 2.45) is 9.98 Å². The van der Waals surface area contributed by atoms with Crippen LogP contribution in [0.25, 0.3) is 0 Å². The number of hydrogen-bond acceptors (Lipinski definition) is 10. The number of para-hydroxylation sites is 1. The number of methoxy groups -OCH3 is 2. The first-order valence-electron chi connectivity index (χ1n) is 7.32. The van der Waals surface area contributed by atoms with Gasteiger partial charge in [-0.2, -0.15) is 5.26 Å². The largest absolute Gasteiger partial charge is 0.477 e. The Labute approximate surface area is 155 Å². The van der Waals surface area contributed by atoms with Crippen molar-refractivity contribution >= 4 is 28.1 Å². The van der Waals surface area contributed by atoms with Gasteiger partial charge in [0, 0.05) is 0 Å². The molecule has 12 nitrogen and oxygen atoms in total. The highest BCUT2D eigenvalue weighted by Crippen LogP contribution is 2.22. The minimum atomic E-state index is -4.28. The zero-order valence-electron chi connectivity index (χ0n) is 14.4. The molecule has 0 radical (unpaired) electrons. The lowest BCUT2D eigenvalue weighted by Crippen LogP contribution is -2.53. The summed E-state index contributed by atoms with van der Waals surface area (Å²) < 4.78 is 41.7. The van der Waals surface area contributed by atoms with E-state index in [1.807, 2.05) is 4.72 Å². The number of aliphatic imine (C=N–C) groups is 2. The molecular weight excluding hydrogens is 380 g/mol. The van der Waals surface area contributed by atoms with Crippen LogP contribution in [0.3, 0.4) is 0 Å². The number of benzene rings is 1. The molecule has 1 heterocycles. The molecule has 0 saturated heterocycles. The summed E-state index contributed by atoms with van der Waals surface area (Å²) in [5, 5.41) is 9.66. The Morgan fingerprint density at radius 2 is 2.07 bits per heavy atom. The van der Waals surface area contributed by atoms with Crippen LogP contribution in [0.2, 0.25) is 0 Å². The Morgan fingerprint density at radius 3 is 2.74 bits per heavy atom. The summed E-state index contributed by atoms with van der Waals surface area (Å²) in [4.78, 5) is 19.6. The summed E-state index contributed by atoms with van der Waals surface area (Å²) >= 11 is 0. The van der Waals surface area contributed by atoms with Gasteiger partial charge < -0.3 is 14.2 Å². The lowest BCUT2D eigenvalue weighted by atomic mass is 10.3. The van der Waals surface area contributed by atoms with Crippen molar-refractivity contribution < 1.29 is 27.4 Å². The number of sulfonamides is 1. The van der Waals surface area contributed by atoms with Gasteiger partial charge in [-0.25, -0.2) is 33.4 Å². The summed E-state index contributed by atoms with van der Waals surface area (Å²) in [5.74, 6) is -0.0641. The van der Waals surface area contributed by atoms with Gasteiger partial charge >= 0.3 is 18.1 Å². The molecule has 0 aliphatic carbocycles. The first-order chi connectivity index (χ1) is 12.9. The van der Waals surface area contributed by atoms with Crippen molar-refractivity contribution in [1.29, 1.82) is 5.26 Å². The molecule has 27 heavy (non-hydrogen) atoms. The standard InChI is InChI=1S/C14H16N6O6S/c1-24-13-16-9-20(14(17-13)25-2)18-12(21)19-27(22,23)11-6-4-3-5-10(11)26-8-7-15/h3-6H,8-9H2,1-2H3,(H2,18,19,21). The van der Waals surface area contributed by atoms with Crippen LogP contribution >= 0.6 is 0 Å². The maximum absolute atomic E-state index is 12.5. The summed E-state index contributed by atoms with van der Waals surface area (Å²) in [7, 11) is -1.60. The number of nitrogens with zero attached hydrogens (tertiary/aromatic N) is 4. The molecule has 2 rings (SSSR count). The number of hydrogen-bond donors (Lipinski definition) is 2. The van der Waals surface area contributed by atoms with Crippen LogP contribution in [0, 0.1) is 11.3 Å². The monoisotopic (exact) mass is 396 g/mol. The van der Waals surface area contributed by atoms with Crippen molar-refractivity contribution in [3.63, 3.8) is 0 Å². The van der Waals surface area contributed by atoms with E-state index in [2.05, 4.69) is 15.4 Å². The van der Waals surface area contributed by atoms with Gasteiger partial charge in [-0.1, -0.05) is 12.1 Å². The van der Waals surface area contributed by atoms with E-state index in [-0.39, 0.29) is 36.0 Å². The minimum Gasteiger partial charge on any atom is -0.477 e. The molecule has 2 amide bonds. The van der Waals surface area contributed by atoms with E-state index in [1.165, 1.54) is 38.5 Å². The average molecular weight is 396 g/mol. The lowest BCUT2D eigenvalue weighted by Gasteiger charge is -2.25. The summed E-state index contributed by atoms with van der Waals surface area (Å²) in [6, 6.07) is 6.24. The molecule has 0 atom stereocenters. The highest BCUT2D eigenvalue weighted by Gasteiger charge is 2.25. The van der Waals surface area contributed by atoms with Crippen molar-refractivity contribution in [2.45, 2.75) is 4.90 Å². The fraction of sp³-hybridized carbons (Fsp3) is 0.286. The third kappa shape index (κ3) is 4.98. The first kappa shape index (κ1) is 19.8. The number of amides is 2. The number of rotatable bonds is 5. The Hall–Kier alpha value is -3.53. The summed E-state index contributed by atoms with van der Waals surface area (Å²) in [6.07, 6.45) is 0. The van der Waals surface area contributed by atoms with E-state index in [9.17, 15) is 13.2 Å². The number of ether oxygens (including phenoxy) is 3. The molecule has 144 valence electrons. The van der Waals surface area contributed by atoms with Crippen molar-refractivity contribution in [3.05, 3.63) is 24.3 Å². The molecular formula is C14H16N6O6S. The number of nitriles is 1. The predicted molar refractivity (Wildman–Crippen MR) is 92.0 cm³/mol. The topological polar surface area (TPSA) is 155 Å². The fourth-order valence-corrected chi connectivity index (χ4v) is 2.99. The number of urea groups is 1. The highest BCUT2D eigenvalue weighted by atomic mass is 32.2. The smallest absolute Gasteiger partial charge is 0.347 e. The molecule has 0 aromatic heterocycles. The van der Waals surface area contributed by atoms with Gasteiger partial charge in [-0.05, 0) is 12.1 Å². The highest BCUT2D eigenvalue weighted by molar-refractivity contribution is 7.90. The van der Waals surface area contributed by atoms with Crippen molar-refractivity contribution in [1.82, 2.24) is 15.2 Å². The fourth-order valence-electron chi connectivity index (χ4n) is 1.94. The average Bonchev–Trinajstić information content (AvgIpc) is 2.66. The van der Waals surface area contributed by atoms with Crippen LogP contribution in [-0.2, 0) is 19.5 Å². The number of amidine groups is 2. The summed E-state index contributed by atoms with van der Waals surface area (Å²) in [6.45, 7) is -0.453. The van der Waals surface area contributed by atoms with Gasteiger partial charge in [0.1, 0.15) is 23.4 Å². The molecule has 0 bridgehead atoms. The first-order valence-corrected chi connectivity index (χ1v) is 8.80. The third-order valence-electron chi connectivity index (χ3n) is 3.03. The zero-order valence-corrected chi connectivity index (χ0v) is 15.2. The second-order valence-electron chi connectivity index (χ2n) is 4.75. The van der Waals surface area contributed by atoms with E-state index in [0.29, 0.717) is 0 Å². The normalized spacial score (nSPS) is 13.6. The molecule has 0 spiro atoms. The van der Waals surface area contributed by atoms with E-state index in [0.717, 1.165) is 5.01 Å². The van der Waals surface area contributed by atoms with Gasteiger partial charge in [0.25, 0.3) is 10.0 Å². The lowest BCUT2D eigenvalue weighted by molar-refractivity contribution is 0.199. The molecule has 1 aromatic carbocycles. The SMILES string of the molecule is COC1=NCN(NC(=O)NS(=O)(=O)c2ccccc2OCC#N)C(OC)=N1. The van der Waals surface area contributed by atoms with Gasteiger partial charge in [0.05, 0.1) is 14.2 Å². The molecule has 13 heteroatoms. The Morgan fingerprint density at radius 1 is 1.33 bits per heavy atom. The van der Waals surface area contributed by atoms with Crippen molar-refractivity contribution in [3.8, 4) is 11.8 Å². The number of carbonyl (C=O) groups is 1. The van der Waals surface area contributed by atoms with Gasteiger partial charge in [-0.15, -0.1) is 4.99 Å². The third-order valence-corrected chi connectivity index (χ3v) is 4.40. The Balaban J connectivity index is 2.11. The molecule has 0 unspecified atom stereocenters. The number of nitrogens with one attached hydrogen (secondary N) is 2. The van der Waals surface area contributed by atoms with Crippen LogP contribution in [0.4, 0.5) is 4.79 Å². The second kappa shape index (κ2) is 8.72. The summed E-state index contributed by atoms with van der Waals surface area (Å²) in [5.41, 5.74) is 2.25. The number of hydrazine groups is 1. The quantitative estimate of drug-likeness (QED) is 0.691. The second-order valence-corrected chi connectivity index (χ2v) is 6.40. The van der Waals surface area contributed by atoms with E-state index < -0.39 is 16.1 Å². The molecule has 1 aliphatic rings. The number of carbonyl (C=O) groups excluding carboxylic acids is 1. The molecule has 2 N–H and O–H groups in total. The van der Waals surface area contributed by atoms with E-state index in [4.69, 9.17) is 19.5 Å². The van der Waals surface area contributed by atoms with E-state index in [1.54, 1.807) is 6.07 Å². The zero-order chi connectivity index (χ0) is 19.9. The Kier molecular flexibility index (Phi) is 6.39. The van der Waals surface area contributed by atoms with Crippen LogP contribution in [-0.4, -0.2) is 59.0 Å². The molecule has 0 fully saturated rings. The molecule has 0 saturated carbocycles. The maximum atomic E-state index is 12.5. The minimum absolute atomic E-state index is 0.0431. The van der Waals surface area contributed by atoms with Crippen LogP contribution in [0.1, 0.15) is 0 Å². The maximum Gasteiger partial charge on any atom is 0.347 e. The predicted octanol–water partition coefficient (Wildman–Crippen LogP) is -0.230. The van der Waals surface area contributed by atoms with E-state index >= 15 is 0 Å². The van der Waals surface area contributed by atoms with Gasteiger partial charge in [0.15, 0.2) is 6.61 Å². The molecule has 1 aliphatic heterocycles. The van der Waals surface area contributed by atoms with Crippen LogP contribution < -0.4 is 14.9 Å². The molecule has 1 aromatic rings. The van der Waals surface area contributed by atoms with Crippen molar-refractivity contribution in [2.75, 3.05) is 27.5 Å². The van der Waals surface area contributed by atoms with Gasteiger partial charge in [-0.3, -0.25) is 0 Å². The van der Waals surface area contributed by atoms with Crippen LogP contribution in [0.15, 0.2) is 39.1 Å².